The smallest absolute Gasteiger partial charge is 0.317 e. The van der Waals surface area contributed by atoms with Gasteiger partial charge in [0.1, 0.15) is 11.5 Å². The van der Waals surface area contributed by atoms with E-state index in [0.29, 0.717) is 6.54 Å². The summed E-state index contributed by atoms with van der Waals surface area (Å²) in [7, 11) is 1.74. The van der Waals surface area contributed by atoms with Crippen LogP contribution >= 0.6 is 0 Å². The zero-order valence-electron chi connectivity index (χ0n) is 13.0. The van der Waals surface area contributed by atoms with E-state index in [9.17, 15) is 9.90 Å². The van der Waals surface area contributed by atoms with Gasteiger partial charge in [-0.3, -0.25) is 0 Å². The van der Waals surface area contributed by atoms with Crippen LogP contribution in [0.25, 0.3) is 0 Å². The van der Waals surface area contributed by atoms with Crippen LogP contribution in [-0.2, 0) is 13.0 Å². The fourth-order valence-electron chi connectivity index (χ4n) is 2.15. The van der Waals surface area contributed by atoms with E-state index in [4.69, 9.17) is 4.42 Å². The first-order chi connectivity index (χ1) is 10.5. The van der Waals surface area contributed by atoms with E-state index in [1.54, 1.807) is 36.4 Å². The lowest BCUT2D eigenvalue weighted by atomic mass is 10.1. The van der Waals surface area contributed by atoms with Gasteiger partial charge in [0.25, 0.3) is 0 Å². The highest BCUT2D eigenvalue weighted by molar-refractivity contribution is 5.74. The Kier molecular flexibility index (Phi) is 5.47. The van der Waals surface area contributed by atoms with Crippen molar-refractivity contribution in [3.63, 3.8) is 0 Å². The van der Waals surface area contributed by atoms with Gasteiger partial charge < -0.3 is 19.7 Å². The Morgan fingerprint density at radius 3 is 2.68 bits per heavy atom. The second-order valence-corrected chi connectivity index (χ2v) is 5.49. The number of carbonyl (C=O) groups is 1. The molecule has 22 heavy (non-hydrogen) atoms. The van der Waals surface area contributed by atoms with Crippen LogP contribution in [0.2, 0.25) is 0 Å². The van der Waals surface area contributed by atoms with Crippen molar-refractivity contribution in [1.29, 1.82) is 0 Å². The molecule has 1 aromatic heterocycles. The van der Waals surface area contributed by atoms with E-state index >= 15 is 0 Å². The summed E-state index contributed by atoms with van der Waals surface area (Å²) in [5.41, 5.74) is 1.14. The lowest BCUT2D eigenvalue weighted by Gasteiger charge is -2.20. The van der Waals surface area contributed by atoms with Crippen molar-refractivity contribution in [2.75, 3.05) is 7.05 Å². The number of aromatic hydroxyl groups is 1. The van der Waals surface area contributed by atoms with Crippen molar-refractivity contribution < 1.29 is 14.3 Å². The van der Waals surface area contributed by atoms with Crippen LogP contribution < -0.4 is 5.32 Å². The monoisotopic (exact) mass is 302 g/mol. The standard InChI is InChI=1S/C17H22N2O3/c1-13(5-6-14-7-9-15(20)10-8-14)18-17(21)19(2)12-16-4-3-11-22-16/h3-4,7-11,13,20H,5-6,12H2,1-2H3,(H,18,21). The highest BCUT2D eigenvalue weighted by Gasteiger charge is 2.13. The Labute approximate surface area is 130 Å². The van der Waals surface area contributed by atoms with Gasteiger partial charge >= 0.3 is 6.03 Å². The lowest BCUT2D eigenvalue weighted by molar-refractivity contribution is 0.199. The van der Waals surface area contributed by atoms with Gasteiger partial charge in [-0.1, -0.05) is 12.1 Å². The Balaban J connectivity index is 1.74. The van der Waals surface area contributed by atoms with Crippen LogP contribution in [0.5, 0.6) is 5.75 Å². The molecule has 0 radical (unpaired) electrons. The van der Waals surface area contributed by atoms with Gasteiger partial charge in [-0.15, -0.1) is 0 Å². The molecule has 5 heteroatoms. The number of hydrogen-bond donors (Lipinski definition) is 2. The van der Waals surface area contributed by atoms with E-state index < -0.39 is 0 Å². The van der Waals surface area contributed by atoms with Crippen LogP contribution in [0, 0.1) is 0 Å². The van der Waals surface area contributed by atoms with Crippen molar-refractivity contribution in [2.24, 2.45) is 0 Å². The molecule has 0 bridgehead atoms. The first-order valence-electron chi connectivity index (χ1n) is 7.36. The molecule has 2 amide bonds. The summed E-state index contributed by atoms with van der Waals surface area (Å²) < 4.78 is 5.23. The van der Waals surface area contributed by atoms with Gasteiger partial charge in [0.2, 0.25) is 0 Å². The number of amides is 2. The molecule has 0 aliphatic carbocycles. The minimum atomic E-state index is -0.116. The Bertz CT molecular complexity index is 578. The number of phenolic OH excluding ortho intramolecular Hbond substituents is 1. The fourth-order valence-corrected chi connectivity index (χ4v) is 2.15. The van der Waals surface area contributed by atoms with Crippen molar-refractivity contribution in [2.45, 2.75) is 32.4 Å². The molecule has 0 spiro atoms. The Hall–Kier alpha value is -2.43. The predicted octanol–water partition coefficient (Wildman–Crippen LogP) is 3.15. The number of hydrogen-bond acceptors (Lipinski definition) is 3. The van der Waals surface area contributed by atoms with Crippen molar-refractivity contribution >= 4 is 6.03 Å². The normalized spacial score (nSPS) is 11.9. The molecule has 0 aliphatic heterocycles. The largest absolute Gasteiger partial charge is 0.508 e. The SMILES string of the molecule is CC(CCc1ccc(O)cc1)NC(=O)N(C)Cc1ccco1. The lowest BCUT2D eigenvalue weighted by Crippen LogP contribution is -2.41. The predicted molar refractivity (Wildman–Crippen MR) is 84.6 cm³/mol. The number of nitrogens with one attached hydrogen (secondary N) is 1. The summed E-state index contributed by atoms with van der Waals surface area (Å²) in [6, 6.07) is 10.7. The summed E-state index contributed by atoms with van der Waals surface area (Å²) in [4.78, 5) is 13.7. The van der Waals surface area contributed by atoms with Crippen molar-refractivity contribution in [3.05, 3.63) is 54.0 Å². The van der Waals surface area contributed by atoms with Crippen LogP contribution in [-0.4, -0.2) is 29.1 Å². The first kappa shape index (κ1) is 15.9. The second kappa shape index (κ2) is 7.54. The van der Waals surface area contributed by atoms with Gasteiger partial charge in [0.05, 0.1) is 12.8 Å². The molecule has 0 saturated carbocycles. The number of benzene rings is 1. The van der Waals surface area contributed by atoms with E-state index in [1.165, 1.54) is 0 Å². The number of carbonyl (C=O) groups excluding carboxylic acids is 1. The van der Waals surface area contributed by atoms with Gasteiger partial charge in [-0.25, -0.2) is 4.79 Å². The van der Waals surface area contributed by atoms with E-state index in [1.807, 2.05) is 25.1 Å². The van der Waals surface area contributed by atoms with Gasteiger partial charge in [-0.05, 0) is 49.6 Å². The zero-order chi connectivity index (χ0) is 15.9. The third-order valence-corrected chi connectivity index (χ3v) is 3.49. The van der Waals surface area contributed by atoms with Gasteiger partial charge in [0.15, 0.2) is 0 Å². The molecule has 0 aliphatic rings. The molecular formula is C17H22N2O3. The number of rotatable bonds is 6. The quantitative estimate of drug-likeness (QED) is 0.861. The van der Waals surface area contributed by atoms with Crippen LogP contribution in [0.4, 0.5) is 4.79 Å². The van der Waals surface area contributed by atoms with Crippen LogP contribution in [0.3, 0.4) is 0 Å². The number of nitrogens with zero attached hydrogens (tertiary/aromatic N) is 1. The average Bonchev–Trinajstić information content (AvgIpc) is 2.99. The molecule has 1 unspecified atom stereocenters. The highest BCUT2D eigenvalue weighted by Crippen LogP contribution is 2.12. The minimum absolute atomic E-state index is 0.0698. The summed E-state index contributed by atoms with van der Waals surface area (Å²) in [5, 5.41) is 12.2. The summed E-state index contributed by atoms with van der Waals surface area (Å²) in [5.74, 6) is 1.03. The number of furan rings is 1. The fraction of sp³-hybridized carbons (Fsp3) is 0.353. The van der Waals surface area contributed by atoms with E-state index in [-0.39, 0.29) is 17.8 Å². The summed E-state index contributed by atoms with van der Waals surface area (Å²) in [6.07, 6.45) is 3.29. The van der Waals surface area contributed by atoms with Crippen molar-refractivity contribution in [3.8, 4) is 5.75 Å². The molecule has 5 nitrogen and oxygen atoms in total. The molecule has 0 fully saturated rings. The van der Waals surface area contributed by atoms with E-state index in [0.717, 1.165) is 24.2 Å². The second-order valence-electron chi connectivity index (χ2n) is 5.49. The van der Waals surface area contributed by atoms with Gasteiger partial charge in [0, 0.05) is 13.1 Å². The topological polar surface area (TPSA) is 65.7 Å². The molecular weight excluding hydrogens is 280 g/mol. The van der Waals surface area contributed by atoms with Gasteiger partial charge in [-0.2, -0.15) is 0 Å². The average molecular weight is 302 g/mol. The summed E-state index contributed by atoms with van der Waals surface area (Å²) in [6.45, 7) is 2.43. The number of phenols is 1. The molecule has 2 N–H and O–H groups in total. The zero-order valence-corrected chi connectivity index (χ0v) is 13.0. The number of aryl methyl sites for hydroxylation is 1. The summed E-state index contributed by atoms with van der Waals surface area (Å²) >= 11 is 0. The first-order valence-corrected chi connectivity index (χ1v) is 7.36. The molecule has 118 valence electrons. The maximum absolute atomic E-state index is 12.1. The molecule has 0 saturated heterocycles. The Morgan fingerprint density at radius 1 is 1.32 bits per heavy atom. The number of urea groups is 1. The molecule has 1 heterocycles. The third kappa shape index (κ3) is 4.84. The maximum atomic E-state index is 12.1. The Morgan fingerprint density at radius 2 is 2.05 bits per heavy atom. The third-order valence-electron chi connectivity index (χ3n) is 3.49. The van der Waals surface area contributed by atoms with Crippen molar-refractivity contribution in [1.82, 2.24) is 10.2 Å². The highest BCUT2D eigenvalue weighted by atomic mass is 16.3. The maximum Gasteiger partial charge on any atom is 0.317 e. The minimum Gasteiger partial charge on any atom is -0.508 e. The molecule has 2 aromatic rings. The molecule has 1 atom stereocenters. The molecule has 1 aromatic carbocycles. The van der Waals surface area contributed by atoms with Crippen LogP contribution in [0.15, 0.2) is 47.1 Å². The van der Waals surface area contributed by atoms with Crippen LogP contribution in [0.1, 0.15) is 24.7 Å². The van der Waals surface area contributed by atoms with E-state index in [2.05, 4.69) is 5.32 Å². The molecule has 2 rings (SSSR count).